The van der Waals surface area contributed by atoms with Gasteiger partial charge in [0.2, 0.25) is 5.91 Å². The molecule has 2 aromatic rings. The first-order chi connectivity index (χ1) is 14.4. The van der Waals surface area contributed by atoms with E-state index in [0.717, 1.165) is 49.1 Å². The van der Waals surface area contributed by atoms with Crippen LogP contribution in [0.4, 0.5) is 5.69 Å². The molecule has 2 aliphatic heterocycles. The number of rotatable bonds is 5. The van der Waals surface area contributed by atoms with E-state index in [2.05, 4.69) is 10.2 Å². The third-order valence-electron chi connectivity index (χ3n) is 5.43. The van der Waals surface area contributed by atoms with Crippen LogP contribution >= 0.6 is 0 Å². The highest BCUT2D eigenvalue weighted by Gasteiger charge is 2.29. The molecule has 0 unspecified atom stereocenters. The zero-order valence-electron chi connectivity index (χ0n) is 17.0. The van der Waals surface area contributed by atoms with Gasteiger partial charge in [0.15, 0.2) is 21.3 Å². The number of hydrogen-bond acceptors (Lipinski definition) is 6. The number of nitrogens with zero attached hydrogens (tertiary/aromatic N) is 1. The maximum Gasteiger partial charge on any atom is 0.238 e. The molecule has 2 aliphatic rings. The van der Waals surface area contributed by atoms with Gasteiger partial charge in [0.1, 0.15) is 0 Å². The second-order valence-corrected chi connectivity index (χ2v) is 9.69. The average Bonchev–Trinajstić information content (AvgIpc) is 3.02. The third kappa shape index (κ3) is 4.60. The van der Waals surface area contributed by atoms with Crippen LogP contribution in [0.3, 0.4) is 0 Å². The van der Waals surface area contributed by atoms with Crippen molar-refractivity contribution >= 4 is 21.4 Å². The zero-order valence-corrected chi connectivity index (χ0v) is 17.8. The predicted molar refractivity (Wildman–Crippen MR) is 114 cm³/mol. The molecule has 1 saturated heterocycles. The molecule has 0 aromatic heterocycles. The lowest BCUT2D eigenvalue weighted by Gasteiger charge is -2.25. The van der Waals surface area contributed by atoms with Crippen LogP contribution in [-0.2, 0) is 14.6 Å². The Hall–Kier alpha value is -2.58. The van der Waals surface area contributed by atoms with Crippen molar-refractivity contribution in [2.75, 3.05) is 37.9 Å². The average molecular weight is 431 g/mol. The van der Waals surface area contributed by atoms with Gasteiger partial charge in [-0.05, 0) is 49.2 Å². The number of hydrogen-bond donors (Lipinski definition) is 1. The molecule has 7 nitrogen and oxygen atoms in total. The lowest BCUT2D eigenvalue weighted by atomic mass is 10.0. The van der Waals surface area contributed by atoms with E-state index in [0.29, 0.717) is 18.9 Å². The zero-order chi connectivity index (χ0) is 21.1. The topological polar surface area (TPSA) is 84.9 Å². The van der Waals surface area contributed by atoms with Crippen molar-refractivity contribution in [3.8, 4) is 11.5 Å². The van der Waals surface area contributed by atoms with E-state index in [4.69, 9.17) is 9.47 Å². The molecule has 2 heterocycles. The van der Waals surface area contributed by atoms with Crippen molar-refractivity contribution in [1.29, 1.82) is 0 Å². The van der Waals surface area contributed by atoms with E-state index in [9.17, 15) is 13.2 Å². The summed E-state index contributed by atoms with van der Waals surface area (Å²) in [6, 6.07) is 12.6. The molecule has 30 heavy (non-hydrogen) atoms. The van der Waals surface area contributed by atoms with Crippen LogP contribution in [0.2, 0.25) is 0 Å². The van der Waals surface area contributed by atoms with Gasteiger partial charge in [-0.3, -0.25) is 9.69 Å². The summed E-state index contributed by atoms with van der Waals surface area (Å²) in [5.74, 6) is 1.28. The largest absolute Gasteiger partial charge is 0.490 e. The Balaban J connectivity index is 1.47. The number of benzene rings is 2. The maximum absolute atomic E-state index is 12.7. The SMILES string of the molecule is CS(=O)(=O)c1ccccc1NC(=O)CN1CCC[C@H]1c1ccc2c(c1)OCCCO2. The van der Waals surface area contributed by atoms with Crippen molar-refractivity contribution in [2.24, 2.45) is 0 Å². The van der Waals surface area contributed by atoms with Crippen LogP contribution in [-0.4, -0.2) is 51.8 Å². The maximum atomic E-state index is 12.7. The molecular formula is C22H26N2O5S. The lowest BCUT2D eigenvalue weighted by molar-refractivity contribution is -0.117. The summed E-state index contributed by atoms with van der Waals surface area (Å²) < 4.78 is 35.5. The minimum Gasteiger partial charge on any atom is -0.490 e. The molecule has 0 saturated carbocycles. The molecule has 0 spiro atoms. The number of nitrogens with one attached hydrogen (secondary N) is 1. The minimum absolute atomic E-state index is 0.109. The smallest absolute Gasteiger partial charge is 0.238 e. The Morgan fingerprint density at radius 2 is 1.87 bits per heavy atom. The summed E-state index contributed by atoms with van der Waals surface area (Å²) in [6.07, 6.45) is 3.94. The van der Waals surface area contributed by atoms with E-state index in [1.165, 1.54) is 6.07 Å². The number of carbonyl (C=O) groups is 1. The fourth-order valence-electron chi connectivity index (χ4n) is 4.05. The summed E-state index contributed by atoms with van der Waals surface area (Å²) in [5, 5.41) is 2.77. The number of likely N-dealkylation sites (tertiary alicyclic amines) is 1. The van der Waals surface area contributed by atoms with Crippen LogP contribution in [0.25, 0.3) is 0 Å². The van der Waals surface area contributed by atoms with Crippen molar-refractivity contribution < 1.29 is 22.7 Å². The van der Waals surface area contributed by atoms with Gasteiger partial charge in [-0.1, -0.05) is 18.2 Å². The van der Waals surface area contributed by atoms with E-state index in [1.807, 2.05) is 18.2 Å². The number of sulfone groups is 1. The first-order valence-electron chi connectivity index (χ1n) is 10.1. The van der Waals surface area contributed by atoms with Crippen molar-refractivity contribution in [1.82, 2.24) is 4.90 Å². The van der Waals surface area contributed by atoms with Crippen molar-refractivity contribution in [3.63, 3.8) is 0 Å². The van der Waals surface area contributed by atoms with E-state index < -0.39 is 9.84 Å². The van der Waals surface area contributed by atoms with Gasteiger partial charge in [-0.25, -0.2) is 8.42 Å². The molecule has 2 aromatic carbocycles. The summed E-state index contributed by atoms with van der Waals surface area (Å²) in [7, 11) is -3.43. The first kappa shape index (κ1) is 20.7. The molecular weight excluding hydrogens is 404 g/mol. The number of carbonyl (C=O) groups excluding carboxylic acids is 1. The van der Waals surface area contributed by atoms with Gasteiger partial charge < -0.3 is 14.8 Å². The summed E-state index contributed by atoms with van der Waals surface area (Å²) >= 11 is 0. The lowest BCUT2D eigenvalue weighted by Crippen LogP contribution is -2.33. The Morgan fingerprint density at radius 3 is 2.67 bits per heavy atom. The number of anilines is 1. The van der Waals surface area contributed by atoms with E-state index in [-0.39, 0.29) is 23.4 Å². The van der Waals surface area contributed by atoms with Gasteiger partial charge >= 0.3 is 0 Å². The molecule has 1 atom stereocenters. The predicted octanol–water partition coefficient (Wildman–Crippen LogP) is 3.03. The summed E-state index contributed by atoms with van der Waals surface area (Å²) in [5.41, 5.74) is 1.41. The number of amides is 1. The fraction of sp³-hybridized carbons (Fsp3) is 0.409. The van der Waals surface area contributed by atoms with E-state index in [1.54, 1.807) is 18.2 Å². The number of fused-ring (bicyclic) bond motifs is 1. The molecule has 0 radical (unpaired) electrons. The summed E-state index contributed by atoms with van der Waals surface area (Å²) in [4.78, 5) is 15.0. The van der Waals surface area contributed by atoms with Crippen LogP contribution < -0.4 is 14.8 Å². The van der Waals surface area contributed by atoms with Crippen LogP contribution in [0.5, 0.6) is 11.5 Å². The van der Waals surface area contributed by atoms with Gasteiger partial charge in [-0.15, -0.1) is 0 Å². The van der Waals surface area contributed by atoms with Gasteiger partial charge in [0.05, 0.1) is 30.3 Å². The van der Waals surface area contributed by atoms with Crippen LogP contribution in [0.15, 0.2) is 47.4 Å². The highest BCUT2D eigenvalue weighted by Crippen LogP contribution is 2.37. The van der Waals surface area contributed by atoms with Crippen molar-refractivity contribution in [2.45, 2.75) is 30.2 Å². The quantitative estimate of drug-likeness (QED) is 0.785. The molecule has 1 fully saturated rings. The Bertz CT molecular complexity index is 1040. The van der Waals surface area contributed by atoms with Crippen LogP contribution in [0.1, 0.15) is 30.9 Å². The van der Waals surface area contributed by atoms with Crippen LogP contribution in [0, 0.1) is 0 Å². The number of para-hydroxylation sites is 1. The van der Waals surface area contributed by atoms with E-state index >= 15 is 0 Å². The summed E-state index contributed by atoms with van der Waals surface area (Å²) in [6.45, 7) is 2.28. The second-order valence-electron chi connectivity index (χ2n) is 7.70. The van der Waals surface area contributed by atoms with Crippen molar-refractivity contribution in [3.05, 3.63) is 48.0 Å². The molecule has 8 heteroatoms. The monoisotopic (exact) mass is 430 g/mol. The first-order valence-corrected chi connectivity index (χ1v) is 12.0. The van der Waals surface area contributed by atoms with Gasteiger partial charge in [-0.2, -0.15) is 0 Å². The van der Waals surface area contributed by atoms with Gasteiger partial charge in [0.25, 0.3) is 0 Å². The molecule has 1 N–H and O–H groups in total. The fourth-order valence-corrected chi connectivity index (χ4v) is 4.89. The standard InChI is InChI=1S/C22H26N2O5S/c1-30(26,27)21-8-3-2-6-17(21)23-22(25)15-24-11-4-7-18(24)16-9-10-19-20(14-16)29-13-5-12-28-19/h2-3,6,8-10,14,18H,4-5,7,11-13,15H2,1H3,(H,23,25)/t18-/m0/s1. The number of ether oxygens (including phenoxy) is 2. The second kappa shape index (κ2) is 8.65. The molecule has 1 amide bonds. The molecule has 0 bridgehead atoms. The normalized spacial score (nSPS) is 19.3. The molecule has 160 valence electrons. The highest BCUT2D eigenvalue weighted by molar-refractivity contribution is 7.90. The highest BCUT2D eigenvalue weighted by atomic mass is 32.2. The Labute approximate surface area is 176 Å². The van der Waals surface area contributed by atoms with Gasteiger partial charge in [0, 0.05) is 18.7 Å². The Kier molecular flexibility index (Phi) is 5.97. The molecule has 0 aliphatic carbocycles. The Morgan fingerprint density at radius 1 is 1.10 bits per heavy atom. The minimum atomic E-state index is -3.43. The third-order valence-corrected chi connectivity index (χ3v) is 6.58. The molecule has 4 rings (SSSR count).